The Morgan fingerprint density at radius 3 is 2.13 bits per heavy atom. The van der Waals surface area contributed by atoms with Gasteiger partial charge < -0.3 is 15.3 Å². The van der Waals surface area contributed by atoms with Crippen LogP contribution in [0.1, 0.15) is 75.2 Å². The second-order valence-electron chi connectivity index (χ2n) is 5.46. The van der Waals surface area contributed by atoms with E-state index in [1.54, 1.807) is 0 Å². The SMILES string of the molecule is CCC.CCC(=O)CCCCCc1cc(O)cc(O)c1C(=O)O. The Bertz CT molecular complexity index is 508. The van der Waals surface area contributed by atoms with E-state index in [1.807, 2.05) is 6.92 Å². The fourth-order valence-corrected chi connectivity index (χ4v) is 2.10. The number of aromatic carboxylic acids is 1. The molecule has 0 aliphatic rings. The predicted octanol–water partition coefficient (Wildman–Crippen LogP) is 4.29. The summed E-state index contributed by atoms with van der Waals surface area (Å²) in [5.41, 5.74) is 0.254. The van der Waals surface area contributed by atoms with Crippen molar-refractivity contribution >= 4 is 11.8 Å². The van der Waals surface area contributed by atoms with Crippen LogP contribution < -0.4 is 0 Å². The van der Waals surface area contributed by atoms with Gasteiger partial charge >= 0.3 is 5.97 Å². The first kappa shape index (κ1) is 21.0. The molecular weight excluding hydrogens is 296 g/mol. The minimum absolute atomic E-state index is 0.149. The van der Waals surface area contributed by atoms with Crippen LogP contribution >= 0.6 is 0 Å². The average molecular weight is 324 g/mol. The molecular formula is C18H28O5. The third-order valence-corrected chi connectivity index (χ3v) is 3.19. The Kier molecular flexibility index (Phi) is 10.5. The number of rotatable bonds is 8. The Balaban J connectivity index is 0.00000149. The normalized spacial score (nSPS) is 9.87. The van der Waals surface area contributed by atoms with Gasteiger partial charge in [0.25, 0.3) is 0 Å². The first-order valence-corrected chi connectivity index (χ1v) is 8.17. The van der Waals surface area contributed by atoms with Gasteiger partial charge in [0.15, 0.2) is 0 Å². The summed E-state index contributed by atoms with van der Waals surface area (Å²) < 4.78 is 0. The number of Topliss-reactive ketones (excluding diaryl/α,β-unsaturated/α-hetero) is 1. The van der Waals surface area contributed by atoms with E-state index < -0.39 is 11.7 Å². The molecule has 23 heavy (non-hydrogen) atoms. The summed E-state index contributed by atoms with van der Waals surface area (Å²) in [5.74, 6) is -1.55. The molecule has 0 radical (unpaired) electrons. The summed E-state index contributed by atoms with van der Waals surface area (Å²) in [6.07, 6.45) is 5.09. The number of carboxylic acid groups (broad SMARTS) is 1. The Morgan fingerprint density at radius 1 is 1.00 bits per heavy atom. The predicted molar refractivity (Wildman–Crippen MR) is 90.2 cm³/mol. The molecule has 3 N–H and O–H groups in total. The zero-order chi connectivity index (χ0) is 17.8. The number of carbonyl (C=O) groups excluding carboxylic acids is 1. The smallest absolute Gasteiger partial charge is 0.339 e. The third kappa shape index (κ3) is 8.24. The molecule has 130 valence electrons. The molecule has 0 saturated carbocycles. The van der Waals surface area contributed by atoms with Crippen LogP contribution in [0.3, 0.4) is 0 Å². The van der Waals surface area contributed by atoms with E-state index in [-0.39, 0.29) is 17.1 Å². The van der Waals surface area contributed by atoms with Crippen molar-refractivity contribution in [2.24, 2.45) is 0 Å². The van der Waals surface area contributed by atoms with Gasteiger partial charge in [-0.2, -0.15) is 0 Å². The second-order valence-corrected chi connectivity index (χ2v) is 5.46. The first-order chi connectivity index (χ1) is 10.9. The van der Waals surface area contributed by atoms with Crippen LogP contribution in [0.15, 0.2) is 12.1 Å². The summed E-state index contributed by atoms with van der Waals surface area (Å²) in [5, 5.41) is 28.0. The monoisotopic (exact) mass is 324 g/mol. The van der Waals surface area contributed by atoms with Gasteiger partial charge in [-0.1, -0.05) is 33.6 Å². The molecule has 1 aromatic rings. The van der Waals surface area contributed by atoms with Crippen molar-refractivity contribution in [3.8, 4) is 11.5 Å². The fraction of sp³-hybridized carbons (Fsp3) is 0.556. The van der Waals surface area contributed by atoms with E-state index >= 15 is 0 Å². The number of carboxylic acids is 1. The minimum atomic E-state index is -1.21. The topological polar surface area (TPSA) is 94.8 Å². The molecule has 1 rings (SSSR count). The van der Waals surface area contributed by atoms with Gasteiger partial charge in [0.1, 0.15) is 22.8 Å². The van der Waals surface area contributed by atoms with Crippen LogP contribution in [0.4, 0.5) is 0 Å². The zero-order valence-electron chi connectivity index (χ0n) is 14.3. The van der Waals surface area contributed by atoms with E-state index in [0.29, 0.717) is 31.2 Å². The zero-order valence-corrected chi connectivity index (χ0v) is 14.3. The number of carbonyl (C=O) groups is 2. The number of aryl methyl sites for hydroxylation is 1. The highest BCUT2D eigenvalue weighted by molar-refractivity contribution is 5.92. The first-order valence-electron chi connectivity index (χ1n) is 8.17. The van der Waals surface area contributed by atoms with Crippen LogP contribution in [0.5, 0.6) is 11.5 Å². The number of ketones is 1. The second kappa shape index (κ2) is 11.5. The van der Waals surface area contributed by atoms with E-state index in [9.17, 15) is 19.8 Å². The van der Waals surface area contributed by atoms with Gasteiger partial charge in [-0.05, 0) is 30.9 Å². The summed E-state index contributed by atoms with van der Waals surface area (Å²) >= 11 is 0. The molecule has 0 fully saturated rings. The molecule has 1 aromatic carbocycles. The molecule has 0 heterocycles. The lowest BCUT2D eigenvalue weighted by atomic mass is 9.99. The number of phenols is 2. The van der Waals surface area contributed by atoms with Gasteiger partial charge in [-0.25, -0.2) is 4.79 Å². The quantitative estimate of drug-likeness (QED) is 0.620. The van der Waals surface area contributed by atoms with Gasteiger partial charge in [0, 0.05) is 18.9 Å². The number of unbranched alkanes of at least 4 members (excludes halogenated alkanes) is 2. The maximum absolute atomic E-state index is 11.1. The highest BCUT2D eigenvalue weighted by atomic mass is 16.4. The van der Waals surface area contributed by atoms with Crippen LogP contribution in [0.25, 0.3) is 0 Å². The average Bonchev–Trinajstić information content (AvgIpc) is 2.46. The van der Waals surface area contributed by atoms with Crippen molar-refractivity contribution in [3.05, 3.63) is 23.3 Å². The minimum Gasteiger partial charge on any atom is -0.508 e. The van der Waals surface area contributed by atoms with Crippen LogP contribution in [0.2, 0.25) is 0 Å². The molecule has 0 unspecified atom stereocenters. The molecule has 0 amide bonds. The van der Waals surface area contributed by atoms with Crippen molar-refractivity contribution in [2.75, 3.05) is 0 Å². The summed E-state index contributed by atoms with van der Waals surface area (Å²) in [6.45, 7) is 6.08. The molecule has 5 heteroatoms. The van der Waals surface area contributed by atoms with Crippen molar-refractivity contribution in [1.29, 1.82) is 0 Å². The van der Waals surface area contributed by atoms with Crippen LogP contribution in [0, 0.1) is 0 Å². The maximum atomic E-state index is 11.1. The molecule has 0 atom stereocenters. The summed E-state index contributed by atoms with van der Waals surface area (Å²) in [7, 11) is 0. The molecule has 0 aliphatic heterocycles. The van der Waals surface area contributed by atoms with E-state index in [0.717, 1.165) is 18.9 Å². The third-order valence-electron chi connectivity index (χ3n) is 3.19. The number of phenolic OH excluding ortho intramolecular Hbond substituents is 1. The van der Waals surface area contributed by atoms with Crippen molar-refractivity contribution in [3.63, 3.8) is 0 Å². The summed E-state index contributed by atoms with van der Waals surface area (Å²) in [6, 6.07) is 2.38. The lowest BCUT2D eigenvalue weighted by Gasteiger charge is -2.09. The standard InChI is InChI=1S/C15H20O5.C3H8/c1-2-11(16)7-5-3-4-6-10-8-12(17)9-13(18)14(10)15(19)20;1-3-2/h8-9,17-18H,2-7H2,1H3,(H,19,20);3H2,1-2H3. The van der Waals surface area contributed by atoms with Gasteiger partial charge in [-0.3, -0.25) is 4.79 Å². The largest absolute Gasteiger partial charge is 0.508 e. The van der Waals surface area contributed by atoms with Crippen molar-refractivity contribution < 1.29 is 24.9 Å². The number of benzene rings is 1. The van der Waals surface area contributed by atoms with Gasteiger partial charge in [0.2, 0.25) is 0 Å². The van der Waals surface area contributed by atoms with Gasteiger partial charge in [0.05, 0.1) is 0 Å². The van der Waals surface area contributed by atoms with E-state index in [2.05, 4.69) is 13.8 Å². The number of hydrogen-bond donors (Lipinski definition) is 3. The Hall–Kier alpha value is -2.04. The number of aromatic hydroxyl groups is 2. The lowest BCUT2D eigenvalue weighted by Crippen LogP contribution is -2.03. The van der Waals surface area contributed by atoms with Gasteiger partial charge in [-0.15, -0.1) is 0 Å². The van der Waals surface area contributed by atoms with Crippen molar-refractivity contribution in [2.45, 2.75) is 65.7 Å². The maximum Gasteiger partial charge on any atom is 0.339 e. The van der Waals surface area contributed by atoms with Crippen LogP contribution in [-0.4, -0.2) is 27.1 Å². The highest BCUT2D eigenvalue weighted by Crippen LogP contribution is 2.28. The molecule has 0 aliphatic carbocycles. The summed E-state index contributed by atoms with van der Waals surface area (Å²) in [4.78, 5) is 22.2. The number of hydrogen-bond acceptors (Lipinski definition) is 4. The molecule has 0 saturated heterocycles. The Morgan fingerprint density at radius 2 is 1.61 bits per heavy atom. The molecule has 5 nitrogen and oxygen atoms in total. The fourth-order valence-electron chi connectivity index (χ4n) is 2.10. The molecule has 0 spiro atoms. The van der Waals surface area contributed by atoms with Crippen LogP contribution in [-0.2, 0) is 11.2 Å². The van der Waals surface area contributed by atoms with Crippen molar-refractivity contribution in [1.82, 2.24) is 0 Å². The van der Waals surface area contributed by atoms with E-state index in [4.69, 9.17) is 5.11 Å². The van der Waals surface area contributed by atoms with E-state index in [1.165, 1.54) is 12.5 Å². The molecule has 0 aromatic heterocycles. The molecule has 0 bridgehead atoms. The highest BCUT2D eigenvalue weighted by Gasteiger charge is 2.16. The lowest BCUT2D eigenvalue weighted by molar-refractivity contribution is -0.118. The Labute approximate surface area is 138 Å².